The third-order valence-corrected chi connectivity index (χ3v) is 3.67. The smallest absolute Gasteiger partial charge is 0.263 e. The highest BCUT2D eigenvalue weighted by atomic mass is 35.5. The summed E-state index contributed by atoms with van der Waals surface area (Å²) in [6, 6.07) is 8.43. The molecule has 1 aromatic carbocycles. The SMILES string of the molecule is CCCCNc1ccc(NC(=O)COc2ccc(Cl)cc2Cl)nc1. The number of rotatable bonds is 8. The maximum atomic E-state index is 11.9. The standard InChI is InChI=1S/C17H19Cl2N3O2/c1-2-3-8-20-13-5-7-16(21-10-13)22-17(23)11-24-15-6-4-12(18)9-14(15)19/h4-7,9-10,20H,2-3,8,11H2,1H3,(H,21,22,23). The second-order valence-electron chi connectivity index (χ2n) is 5.12. The minimum Gasteiger partial charge on any atom is -0.482 e. The molecule has 0 unspecified atom stereocenters. The third kappa shape index (κ3) is 5.91. The van der Waals surface area contributed by atoms with E-state index in [2.05, 4.69) is 22.5 Å². The molecule has 0 saturated carbocycles. The maximum Gasteiger partial charge on any atom is 0.263 e. The predicted molar refractivity (Wildman–Crippen MR) is 98.2 cm³/mol. The average Bonchev–Trinajstić information content (AvgIpc) is 2.56. The lowest BCUT2D eigenvalue weighted by Gasteiger charge is -2.09. The molecule has 1 heterocycles. The number of nitrogens with zero attached hydrogens (tertiary/aromatic N) is 1. The van der Waals surface area contributed by atoms with Gasteiger partial charge in [-0.25, -0.2) is 4.98 Å². The number of carbonyl (C=O) groups excluding carboxylic acids is 1. The first-order chi connectivity index (χ1) is 11.6. The van der Waals surface area contributed by atoms with Crippen LogP contribution in [-0.4, -0.2) is 24.0 Å². The van der Waals surface area contributed by atoms with Crippen LogP contribution in [0.3, 0.4) is 0 Å². The van der Waals surface area contributed by atoms with Gasteiger partial charge in [-0.2, -0.15) is 0 Å². The molecule has 5 nitrogen and oxygen atoms in total. The number of nitrogens with one attached hydrogen (secondary N) is 2. The molecule has 128 valence electrons. The van der Waals surface area contributed by atoms with E-state index in [0.29, 0.717) is 21.6 Å². The highest BCUT2D eigenvalue weighted by Gasteiger charge is 2.07. The van der Waals surface area contributed by atoms with Gasteiger partial charge in [0.25, 0.3) is 5.91 Å². The Morgan fingerprint density at radius 3 is 2.75 bits per heavy atom. The Balaban J connectivity index is 1.81. The summed E-state index contributed by atoms with van der Waals surface area (Å²) < 4.78 is 5.37. The quantitative estimate of drug-likeness (QED) is 0.668. The molecule has 0 bridgehead atoms. The number of hydrogen-bond acceptors (Lipinski definition) is 4. The van der Waals surface area contributed by atoms with E-state index < -0.39 is 0 Å². The van der Waals surface area contributed by atoms with Crippen LogP contribution in [0.4, 0.5) is 11.5 Å². The van der Waals surface area contributed by atoms with Gasteiger partial charge in [-0.3, -0.25) is 4.79 Å². The molecule has 1 aromatic heterocycles. The van der Waals surface area contributed by atoms with Crippen LogP contribution >= 0.6 is 23.2 Å². The summed E-state index contributed by atoms with van der Waals surface area (Å²) in [7, 11) is 0. The average molecular weight is 368 g/mol. The fraction of sp³-hybridized carbons (Fsp3) is 0.294. The third-order valence-electron chi connectivity index (χ3n) is 3.14. The van der Waals surface area contributed by atoms with Crippen molar-refractivity contribution in [2.24, 2.45) is 0 Å². The van der Waals surface area contributed by atoms with Gasteiger partial charge >= 0.3 is 0 Å². The van der Waals surface area contributed by atoms with E-state index in [-0.39, 0.29) is 12.5 Å². The van der Waals surface area contributed by atoms with Crippen molar-refractivity contribution in [1.82, 2.24) is 4.98 Å². The fourth-order valence-electron chi connectivity index (χ4n) is 1.90. The molecular formula is C17H19Cl2N3O2. The molecule has 0 aliphatic heterocycles. The molecule has 0 fully saturated rings. The topological polar surface area (TPSA) is 63.2 Å². The number of unbranched alkanes of at least 4 members (excludes halogenated alkanes) is 1. The van der Waals surface area contributed by atoms with Crippen LogP contribution in [-0.2, 0) is 4.79 Å². The largest absolute Gasteiger partial charge is 0.482 e. The fourth-order valence-corrected chi connectivity index (χ4v) is 2.36. The van der Waals surface area contributed by atoms with E-state index in [0.717, 1.165) is 25.1 Å². The number of halogens is 2. The van der Waals surface area contributed by atoms with Gasteiger partial charge in [0, 0.05) is 11.6 Å². The molecule has 0 atom stereocenters. The van der Waals surface area contributed by atoms with Crippen LogP contribution in [0.1, 0.15) is 19.8 Å². The second kappa shape index (κ2) is 9.35. The van der Waals surface area contributed by atoms with E-state index in [1.165, 1.54) is 0 Å². The van der Waals surface area contributed by atoms with Gasteiger partial charge in [0.1, 0.15) is 11.6 Å². The molecule has 2 rings (SSSR count). The Morgan fingerprint density at radius 1 is 1.25 bits per heavy atom. The number of anilines is 2. The number of aromatic nitrogens is 1. The number of amides is 1. The van der Waals surface area contributed by atoms with Crippen molar-refractivity contribution in [1.29, 1.82) is 0 Å². The van der Waals surface area contributed by atoms with Crippen LogP contribution in [0.2, 0.25) is 10.0 Å². The Hall–Kier alpha value is -1.98. The summed E-state index contributed by atoms with van der Waals surface area (Å²) in [5.41, 5.74) is 0.922. The van der Waals surface area contributed by atoms with Crippen molar-refractivity contribution >= 4 is 40.6 Å². The van der Waals surface area contributed by atoms with Crippen molar-refractivity contribution in [2.45, 2.75) is 19.8 Å². The lowest BCUT2D eigenvalue weighted by Crippen LogP contribution is -2.20. The Bertz CT molecular complexity index is 678. The molecule has 2 aromatic rings. The van der Waals surface area contributed by atoms with Crippen LogP contribution in [0.5, 0.6) is 5.75 Å². The summed E-state index contributed by atoms with van der Waals surface area (Å²) in [5.74, 6) is 0.548. The Morgan fingerprint density at radius 2 is 2.08 bits per heavy atom. The molecular weight excluding hydrogens is 349 g/mol. The van der Waals surface area contributed by atoms with Crippen molar-refractivity contribution in [2.75, 3.05) is 23.8 Å². The number of ether oxygens (including phenoxy) is 1. The van der Waals surface area contributed by atoms with Crippen LogP contribution in [0.25, 0.3) is 0 Å². The number of benzene rings is 1. The second-order valence-corrected chi connectivity index (χ2v) is 5.97. The molecule has 2 N–H and O–H groups in total. The summed E-state index contributed by atoms with van der Waals surface area (Å²) in [5, 5.41) is 6.79. The lowest BCUT2D eigenvalue weighted by molar-refractivity contribution is -0.118. The Labute approximate surface area is 151 Å². The first kappa shape index (κ1) is 18.4. The molecule has 0 aliphatic rings. The maximum absolute atomic E-state index is 11.9. The molecule has 0 spiro atoms. The van der Waals surface area contributed by atoms with Crippen molar-refractivity contribution in [3.05, 3.63) is 46.6 Å². The highest BCUT2D eigenvalue weighted by molar-refractivity contribution is 6.35. The number of hydrogen-bond donors (Lipinski definition) is 2. The van der Waals surface area contributed by atoms with E-state index in [4.69, 9.17) is 27.9 Å². The monoisotopic (exact) mass is 367 g/mol. The number of carbonyl (C=O) groups is 1. The number of pyridine rings is 1. The van der Waals surface area contributed by atoms with Crippen LogP contribution < -0.4 is 15.4 Å². The first-order valence-electron chi connectivity index (χ1n) is 7.66. The molecule has 7 heteroatoms. The highest BCUT2D eigenvalue weighted by Crippen LogP contribution is 2.27. The van der Waals surface area contributed by atoms with Crippen LogP contribution in [0, 0.1) is 0 Å². The molecule has 0 saturated heterocycles. The zero-order chi connectivity index (χ0) is 17.4. The summed E-state index contributed by atoms with van der Waals surface area (Å²) in [4.78, 5) is 16.1. The minimum absolute atomic E-state index is 0.167. The van der Waals surface area contributed by atoms with E-state index in [9.17, 15) is 4.79 Å². The molecule has 0 aliphatic carbocycles. The van der Waals surface area contributed by atoms with Gasteiger partial charge in [0.2, 0.25) is 0 Å². The van der Waals surface area contributed by atoms with Crippen molar-refractivity contribution in [3.63, 3.8) is 0 Å². The van der Waals surface area contributed by atoms with Gasteiger partial charge < -0.3 is 15.4 Å². The van der Waals surface area contributed by atoms with Gasteiger partial charge in [0.05, 0.1) is 16.9 Å². The summed E-state index contributed by atoms with van der Waals surface area (Å²) >= 11 is 11.8. The summed E-state index contributed by atoms with van der Waals surface area (Å²) in [6.45, 7) is 2.87. The summed E-state index contributed by atoms with van der Waals surface area (Å²) in [6.07, 6.45) is 3.91. The Kier molecular flexibility index (Phi) is 7.15. The van der Waals surface area contributed by atoms with Crippen LogP contribution in [0.15, 0.2) is 36.5 Å². The van der Waals surface area contributed by atoms with Gasteiger partial charge in [-0.1, -0.05) is 36.5 Å². The molecule has 0 radical (unpaired) electrons. The lowest BCUT2D eigenvalue weighted by atomic mass is 10.3. The van der Waals surface area contributed by atoms with E-state index >= 15 is 0 Å². The first-order valence-corrected chi connectivity index (χ1v) is 8.41. The molecule has 24 heavy (non-hydrogen) atoms. The predicted octanol–water partition coefficient (Wildman–Crippen LogP) is 4.62. The van der Waals surface area contributed by atoms with Gasteiger partial charge in [-0.15, -0.1) is 0 Å². The zero-order valence-electron chi connectivity index (χ0n) is 13.3. The van der Waals surface area contributed by atoms with E-state index in [1.807, 2.05) is 6.07 Å². The van der Waals surface area contributed by atoms with Crippen molar-refractivity contribution < 1.29 is 9.53 Å². The van der Waals surface area contributed by atoms with Gasteiger partial charge in [-0.05, 0) is 36.8 Å². The molecule has 1 amide bonds. The van der Waals surface area contributed by atoms with Gasteiger partial charge in [0.15, 0.2) is 6.61 Å². The van der Waals surface area contributed by atoms with Crippen molar-refractivity contribution in [3.8, 4) is 5.75 Å². The van der Waals surface area contributed by atoms with E-state index in [1.54, 1.807) is 30.5 Å². The minimum atomic E-state index is -0.319. The zero-order valence-corrected chi connectivity index (χ0v) is 14.8. The normalized spacial score (nSPS) is 10.3.